The van der Waals surface area contributed by atoms with Crippen LogP contribution >= 0.6 is 12.6 Å². The molecule has 0 bridgehead atoms. The summed E-state index contributed by atoms with van der Waals surface area (Å²) >= 11 is 3.87. The van der Waals surface area contributed by atoms with Gasteiger partial charge in [0.25, 0.3) is 10.1 Å². The number of amides is 2. The quantitative estimate of drug-likeness (QED) is 0.0826. The Morgan fingerprint density at radius 3 is 2.04 bits per heavy atom. The molecule has 0 radical (unpaired) electrons. The van der Waals surface area contributed by atoms with E-state index in [9.17, 15) is 27.6 Å². The molecule has 0 heterocycles. The number of hydrogen-bond donors (Lipinski definition) is 8. The molecule has 0 saturated heterocycles. The molecular weight excluding hydrogens is 431 g/mol. The van der Waals surface area contributed by atoms with Crippen molar-refractivity contribution in [3.8, 4) is 0 Å². The molecule has 28 heavy (non-hydrogen) atoms. The van der Waals surface area contributed by atoms with Crippen molar-refractivity contribution < 1.29 is 73.3 Å². The summed E-state index contributed by atoms with van der Waals surface area (Å²) in [6, 6.07) is -2.15. The van der Waals surface area contributed by atoms with Crippen molar-refractivity contribution in [3.63, 3.8) is 0 Å². The Kier molecular flexibility index (Phi) is 19.2. The minimum absolute atomic E-state index is 0. The van der Waals surface area contributed by atoms with E-state index in [4.69, 9.17) is 26.2 Å². The maximum absolute atomic E-state index is 11.5. The smallest absolute Gasteiger partial charge is 1.00 e. The van der Waals surface area contributed by atoms with Crippen molar-refractivity contribution in [1.82, 2.24) is 10.6 Å². The van der Waals surface area contributed by atoms with Crippen molar-refractivity contribution in [1.29, 1.82) is 0 Å². The molecule has 16 heteroatoms. The van der Waals surface area contributed by atoms with E-state index in [0.717, 1.165) is 0 Å². The maximum Gasteiger partial charge on any atom is 1.00 e. The number of rotatable bonds is 11. The van der Waals surface area contributed by atoms with Gasteiger partial charge in [-0.25, -0.2) is 0 Å². The largest absolute Gasteiger partial charge is 1.00 e. The first kappa shape index (κ1) is 31.7. The van der Waals surface area contributed by atoms with Gasteiger partial charge in [-0.2, -0.15) is 21.0 Å². The molecule has 0 aliphatic rings. The van der Waals surface area contributed by atoms with Crippen LogP contribution in [0, 0.1) is 0 Å². The van der Waals surface area contributed by atoms with Gasteiger partial charge in [0.05, 0.1) is 5.75 Å². The van der Waals surface area contributed by atoms with Gasteiger partial charge in [0, 0.05) is 18.7 Å². The summed E-state index contributed by atoms with van der Waals surface area (Å²) in [5, 5.41) is 21.4. The number of thiol groups is 1. The van der Waals surface area contributed by atoms with Crippen molar-refractivity contribution >= 4 is 46.5 Å². The molecule has 9 N–H and O–H groups in total. The fraction of sp³-hybridized carbons (Fsp3) is 0.667. The topological polar surface area (TPSA) is 239 Å². The van der Waals surface area contributed by atoms with E-state index in [1.165, 1.54) is 0 Å². The fourth-order valence-electron chi connectivity index (χ4n) is 1.31. The Bertz CT molecular complexity index is 624. The van der Waals surface area contributed by atoms with E-state index >= 15 is 0 Å². The summed E-state index contributed by atoms with van der Waals surface area (Å²) in [6.07, 6.45) is -0.235. The van der Waals surface area contributed by atoms with E-state index in [-0.39, 0.29) is 61.9 Å². The first-order chi connectivity index (χ1) is 12.3. The van der Waals surface area contributed by atoms with E-state index < -0.39 is 52.5 Å². The SMILES string of the molecule is NCCS(=O)(=O)O.N[C@@H](CCC(=O)N[C@@H](CS)C(=O)NCC(=O)O)C(=O)O.[H-].[Na+]. The van der Waals surface area contributed by atoms with Crippen LogP contribution in [0.3, 0.4) is 0 Å². The van der Waals surface area contributed by atoms with Gasteiger partial charge in [-0.1, -0.05) is 0 Å². The number of aliphatic carboxylic acids is 2. The molecule has 0 saturated carbocycles. The molecule has 2 amide bonds. The minimum atomic E-state index is -3.80. The van der Waals surface area contributed by atoms with Crippen LogP contribution in [-0.4, -0.2) is 83.6 Å². The second-order valence-corrected chi connectivity index (χ2v) is 6.91. The molecule has 0 rings (SSSR count). The van der Waals surface area contributed by atoms with Gasteiger partial charge in [-0.3, -0.25) is 23.7 Å². The number of hydrogen-bond acceptors (Lipinski definition) is 9. The monoisotopic (exact) mass is 456 g/mol. The van der Waals surface area contributed by atoms with Crippen LogP contribution in [0.15, 0.2) is 0 Å². The second kappa shape index (κ2) is 17.0. The molecule has 13 nitrogen and oxygen atoms in total. The zero-order valence-electron chi connectivity index (χ0n) is 16.2. The third kappa shape index (κ3) is 19.8. The van der Waals surface area contributed by atoms with E-state index in [0.29, 0.717) is 0 Å². The number of nitrogens with two attached hydrogens (primary N) is 2. The van der Waals surface area contributed by atoms with Gasteiger partial charge in [-0.05, 0) is 6.42 Å². The number of carbonyl (C=O) groups is 4. The first-order valence-corrected chi connectivity index (χ1v) is 9.61. The second-order valence-electron chi connectivity index (χ2n) is 4.97. The summed E-state index contributed by atoms with van der Waals surface area (Å²) in [7, 11) is -3.80. The van der Waals surface area contributed by atoms with Gasteiger partial charge >= 0.3 is 41.5 Å². The average molecular weight is 456 g/mol. The molecule has 0 aromatic heterocycles. The first-order valence-electron chi connectivity index (χ1n) is 7.37. The molecule has 0 aromatic rings. The molecule has 0 aliphatic heterocycles. The van der Waals surface area contributed by atoms with Gasteiger partial charge in [0.1, 0.15) is 18.6 Å². The summed E-state index contributed by atoms with van der Waals surface area (Å²) < 4.78 is 27.3. The molecule has 0 unspecified atom stereocenters. The van der Waals surface area contributed by atoms with Gasteiger partial charge in [0.15, 0.2) is 0 Å². The van der Waals surface area contributed by atoms with Crippen LogP contribution in [-0.2, 0) is 29.3 Å². The van der Waals surface area contributed by atoms with E-state index in [1.54, 1.807) is 0 Å². The van der Waals surface area contributed by atoms with E-state index in [2.05, 4.69) is 23.3 Å². The van der Waals surface area contributed by atoms with Gasteiger partial charge in [-0.15, -0.1) is 0 Å². The summed E-state index contributed by atoms with van der Waals surface area (Å²) in [6.45, 7) is -0.596. The maximum atomic E-state index is 11.5. The van der Waals surface area contributed by atoms with E-state index in [1.807, 2.05) is 0 Å². The fourth-order valence-corrected chi connectivity index (χ4v) is 1.86. The predicted molar refractivity (Wildman–Crippen MR) is 97.9 cm³/mol. The third-order valence-corrected chi connectivity index (χ3v) is 3.74. The molecule has 0 aromatic carbocycles. The normalized spacial score (nSPS) is 12.3. The van der Waals surface area contributed by atoms with Crippen LogP contribution in [0.25, 0.3) is 0 Å². The molecule has 0 spiro atoms. The standard InChI is InChI=1S/C10H17N3O6S.C2H7NO3S.Na.H/c11-5(10(18)19)1-2-7(14)13-6(4-20)9(17)12-3-8(15)16;3-1-2-7(4,5)6;;/h5-6,20H,1-4,11H2,(H,12,17)(H,13,14)(H,15,16)(H,18,19);1-3H2,(H,4,5,6);;/q;;+1;-1/t5-,6-;;;/m0.../s1. The summed E-state index contributed by atoms with van der Waals surface area (Å²) in [5.74, 6) is -4.06. The Hall–Kier alpha value is -0.940. The Balaban J connectivity index is -0.000000298. The van der Waals surface area contributed by atoms with Crippen molar-refractivity contribution in [3.05, 3.63) is 0 Å². The summed E-state index contributed by atoms with van der Waals surface area (Å²) in [5.41, 5.74) is 10.0. The Morgan fingerprint density at radius 1 is 1.18 bits per heavy atom. The number of carbonyl (C=O) groups excluding carboxylic acids is 2. The van der Waals surface area contributed by atoms with Crippen LogP contribution in [0.5, 0.6) is 0 Å². The van der Waals surface area contributed by atoms with Crippen LogP contribution < -0.4 is 51.7 Å². The summed E-state index contributed by atoms with van der Waals surface area (Å²) in [4.78, 5) is 43.7. The van der Waals surface area contributed by atoms with Crippen LogP contribution in [0.1, 0.15) is 14.3 Å². The number of carboxylic acids is 2. The number of carboxylic acid groups (broad SMARTS) is 2. The van der Waals surface area contributed by atoms with Crippen molar-refractivity contribution in [2.75, 3.05) is 24.6 Å². The molecule has 160 valence electrons. The van der Waals surface area contributed by atoms with Crippen LogP contribution in [0.4, 0.5) is 0 Å². The molecule has 2 atom stereocenters. The Labute approximate surface area is 190 Å². The van der Waals surface area contributed by atoms with Crippen LogP contribution in [0.2, 0.25) is 0 Å². The molecule has 0 aliphatic carbocycles. The zero-order chi connectivity index (χ0) is 21.6. The molecular formula is C12H25N4NaO9S2. The average Bonchev–Trinajstić information content (AvgIpc) is 2.54. The van der Waals surface area contributed by atoms with Crippen molar-refractivity contribution in [2.45, 2.75) is 24.9 Å². The third-order valence-electron chi connectivity index (χ3n) is 2.62. The number of nitrogens with one attached hydrogen (secondary N) is 2. The zero-order valence-corrected chi connectivity index (χ0v) is 18.9. The molecule has 0 fully saturated rings. The predicted octanol–water partition coefficient (Wildman–Crippen LogP) is -6.26. The van der Waals surface area contributed by atoms with Crippen molar-refractivity contribution in [2.24, 2.45) is 11.5 Å². The van der Waals surface area contributed by atoms with Gasteiger partial charge in [0.2, 0.25) is 11.8 Å². The Morgan fingerprint density at radius 2 is 1.71 bits per heavy atom. The minimum Gasteiger partial charge on any atom is -1.00 e. The van der Waals surface area contributed by atoms with Gasteiger partial charge < -0.3 is 33.7 Å².